The van der Waals surface area contributed by atoms with E-state index in [-0.39, 0.29) is 11.9 Å². The third kappa shape index (κ3) is 4.60. The summed E-state index contributed by atoms with van der Waals surface area (Å²) in [6.45, 7) is 2.89. The SMILES string of the molecule is CNCc1ccccc1-c1csc(C(C)Nc2nc(C#N)nc3cc(OC)c(OC)cc23)c1. The molecule has 4 aromatic rings. The van der Waals surface area contributed by atoms with Gasteiger partial charge in [-0.05, 0) is 48.2 Å². The van der Waals surface area contributed by atoms with Crippen molar-refractivity contribution < 1.29 is 9.47 Å². The molecular formula is C25H25N5O2S. The number of thiophene rings is 1. The summed E-state index contributed by atoms with van der Waals surface area (Å²) in [6, 6.07) is 16.2. The van der Waals surface area contributed by atoms with Gasteiger partial charge in [0.15, 0.2) is 11.5 Å². The van der Waals surface area contributed by atoms with Crippen molar-refractivity contribution >= 4 is 28.1 Å². The van der Waals surface area contributed by atoms with Crippen LogP contribution in [-0.4, -0.2) is 31.2 Å². The Balaban J connectivity index is 1.69. The summed E-state index contributed by atoms with van der Waals surface area (Å²) in [4.78, 5) is 9.94. The zero-order valence-electron chi connectivity index (χ0n) is 19.0. The van der Waals surface area contributed by atoms with Crippen LogP contribution in [0, 0.1) is 11.3 Å². The highest BCUT2D eigenvalue weighted by atomic mass is 32.1. The van der Waals surface area contributed by atoms with Gasteiger partial charge >= 0.3 is 0 Å². The average Bonchev–Trinajstić information content (AvgIpc) is 3.34. The van der Waals surface area contributed by atoms with E-state index in [0.29, 0.717) is 22.8 Å². The molecule has 8 heteroatoms. The van der Waals surface area contributed by atoms with Gasteiger partial charge in [-0.1, -0.05) is 24.3 Å². The summed E-state index contributed by atoms with van der Waals surface area (Å²) in [6.07, 6.45) is 0. The van der Waals surface area contributed by atoms with E-state index in [4.69, 9.17) is 9.47 Å². The molecule has 0 aliphatic rings. The van der Waals surface area contributed by atoms with Crippen LogP contribution in [0.4, 0.5) is 5.82 Å². The first-order valence-electron chi connectivity index (χ1n) is 10.5. The van der Waals surface area contributed by atoms with Crippen molar-refractivity contribution in [3.63, 3.8) is 0 Å². The minimum absolute atomic E-state index is 0.0297. The fraction of sp³-hybridized carbons (Fsp3) is 0.240. The van der Waals surface area contributed by atoms with Gasteiger partial charge in [-0.3, -0.25) is 0 Å². The summed E-state index contributed by atoms with van der Waals surface area (Å²) in [5, 5.41) is 19.1. The molecule has 7 nitrogen and oxygen atoms in total. The Hall–Kier alpha value is -3.67. The number of hydrogen-bond acceptors (Lipinski definition) is 8. The number of anilines is 1. The molecule has 0 spiro atoms. The monoisotopic (exact) mass is 459 g/mol. The highest BCUT2D eigenvalue weighted by Crippen LogP contribution is 2.36. The number of nitriles is 1. The molecular weight excluding hydrogens is 434 g/mol. The van der Waals surface area contributed by atoms with Gasteiger partial charge in [0.2, 0.25) is 5.82 Å². The third-order valence-electron chi connectivity index (χ3n) is 5.40. The number of benzene rings is 2. The maximum atomic E-state index is 9.44. The predicted molar refractivity (Wildman–Crippen MR) is 132 cm³/mol. The van der Waals surface area contributed by atoms with Gasteiger partial charge in [-0.15, -0.1) is 11.3 Å². The van der Waals surface area contributed by atoms with Crippen LogP contribution in [0.3, 0.4) is 0 Å². The molecule has 2 aromatic heterocycles. The van der Waals surface area contributed by atoms with Gasteiger partial charge in [0.25, 0.3) is 0 Å². The Morgan fingerprint density at radius 2 is 1.85 bits per heavy atom. The lowest BCUT2D eigenvalue weighted by Crippen LogP contribution is -2.09. The first-order valence-corrected chi connectivity index (χ1v) is 11.4. The van der Waals surface area contributed by atoms with Crippen molar-refractivity contribution in [2.45, 2.75) is 19.5 Å². The topological polar surface area (TPSA) is 92.1 Å². The molecule has 1 unspecified atom stereocenters. The summed E-state index contributed by atoms with van der Waals surface area (Å²) >= 11 is 1.69. The van der Waals surface area contributed by atoms with Crippen molar-refractivity contribution in [1.29, 1.82) is 5.26 Å². The van der Waals surface area contributed by atoms with Crippen LogP contribution in [0.1, 0.15) is 29.2 Å². The smallest absolute Gasteiger partial charge is 0.234 e. The quantitative estimate of drug-likeness (QED) is 0.377. The molecule has 0 fully saturated rings. The molecule has 0 amide bonds. The Morgan fingerprint density at radius 1 is 1.09 bits per heavy atom. The number of nitrogens with zero attached hydrogens (tertiary/aromatic N) is 3. The number of nitrogens with one attached hydrogen (secondary N) is 2. The molecule has 4 rings (SSSR count). The lowest BCUT2D eigenvalue weighted by Gasteiger charge is -2.16. The molecule has 0 radical (unpaired) electrons. The van der Waals surface area contributed by atoms with Crippen LogP contribution in [0.5, 0.6) is 11.5 Å². The lowest BCUT2D eigenvalue weighted by molar-refractivity contribution is 0.356. The largest absolute Gasteiger partial charge is 0.493 e. The first kappa shape index (κ1) is 22.5. The lowest BCUT2D eigenvalue weighted by atomic mass is 10.0. The number of methoxy groups -OCH3 is 2. The van der Waals surface area contributed by atoms with E-state index < -0.39 is 0 Å². The highest BCUT2D eigenvalue weighted by molar-refractivity contribution is 7.10. The van der Waals surface area contributed by atoms with Crippen LogP contribution in [0.2, 0.25) is 0 Å². The molecule has 0 bridgehead atoms. The number of hydrogen-bond donors (Lipinski definition) is 2. The predicted octanol–water partition coefficient (Wildman–Crippen LogP) is 5.14. The normalized spacial score (nSPS) is 11.7. The third-order valence-corrected chi connectivity index (χ3v) is 6.51. The maximum Gasteiger partial charge on any atom is 0.234 e. The van der Waals surface area contributed by atoms with Crippen molar-refractivity contribution in [3.05, 3.63) is 64.1 Å². The van der Waals surface area contributed by atoms with Gasteiger partial charge in [-0.2, -0.15) is 5.26 Å². The molecule has 168 valence electrons. The van der Waals surface area contributed by atoms with Gasteiger partial charge < -0.3 is 20.1 Å². The Bertz CT molecular complexity index is 1330. The number of aromatic nitrogens is 2. The van der Waals surface area contributed by atoms with Crippen molar-refractivity contribution in [2.75, 3.05) is 26.6 Å². The molecule has 0 aliphatic carbocycles. The number of ether oxygens (including phenoxy) is 2. The molecule has 0 aliphatic heterocycles. The summed E-state index contributed by atoms with van der Waals surface area (Å²) < 4.78 is 10.8. The minimum Gasteiger partial charge on any atom is -0.493 e. The van der Waals surface area contributed by atoms with E-state index in [9.17, 15) is 5.26 Å². The minimum atomic E-state index is -0.0297. The molecule has 33 heavy (non-hydrogen) atoms. The van der Waals surface area contributed by atoms with Crippen LogP contribution in [0.25, 0.3) is 22.0 Å². The van der Waals surface area contributed by atoms with Gasteiger partial charge in [0, 0.05) is 22.9 Å². The second-order valence-electron chi connectivity index (χ2n) is 7.52. The zero-order valence-corrected chi connectivity index (χ0v) is 19.8. The number of fused-ring (bicyclic) bond motifs is 1. The van der Waals surface area contributed by atoms with E-state index in [1.165, 1.54) is 16.7 Å². The molecule has 2 heterocycles. The summed E-state index contributed by atoms with van der Waals surface area (Å²) in [5.41, 5.74) is 4.28. The molecule has 2 aromatic carbocycles. The van der Waals surface area contributed by atoms with Crippen LogP contribution >= 0.6 is 11.3 Å². The Morgan fingerprint density at radius 3 is 2.58 bits per heavy atom. The van der Waals surface area contributed by atoms with Crippen molar-refractivity contribution in [2.24, 2.45) is 0 Å². The van der Waals surface area contributed by atoms with E-state index in [2.05, 4.69) is 63.2 Å². The fourth-order valence-electron chi connectivity index (χ4n) is 3.76. The van der Waals surface area contributed by atoms with E-state index in [1.54, 1.807) is 31.6 Å². The van der Waals surface area contributed by atoms with Crippen LogP contribution < -0.4 is 20.1 Å². The number of rotatable bonds is 8. The van der Waals surface area contributed by atoms with E-state index >= 15 is 0 Å². The van der Waals surface area contributed by atoms with Crippen molar-refractivity contribution in [3.8, 4) is 28.7 Å². The second kappa shape index (κ2) is 9.86. The van der Waals surface area contributed by atoms with Crippen LogP contribution in [0.15, 0.2) is 47.8 Å². The second-order valence-corrected chi connectivity index (χ2v) is 8.47. The summed E-state index contributed by atoms with van der Waals surface area (Å²) in [5.74, 6) is 1.80. The van der Waals surface area contributed by atoms with E-state index in [0.717, 1.165) is 16.8 Å². The zero-order chi connectivity index (χ0) is 23.4. The highest BCUT2D eigenvalue weighted by Gasteiger charge is 2.17. The van der Waals surface area contributed by atoms with Gasteiger partial charge in [0.05, 0.1) is 25.8 Å². The van der Waals surface area contributed by atoms with E-state index in [1.807, 2.05) is 19.2 Å². The molecule has 0 saturated carbocycles. The standard InChI is InChI=1S/C25H25N5O2S/c1-15(23-9-17(14-33-23)18-8-6-5-7-16(18)13-27-2)28-25-19-10-21(31-3)22(32-4)11-20(19)29-24(12-26)30-25/h5-11,14-15,27H,13H2,1-4H3,(H,28,29,30). The first-order chi connectivity index (χ1) is 16.1. The molecule has 1 atom stereocenters. The molecule has 0 saturated heterocycles. The van der Waals surface area contributed by atoms with Crippen molar-refractivity contribution in [1.82, 2.24) is 15.3 Å². The maximum absolute atomic E-state index is 9.44. The molecule has 2 N–H and O–H groups in total. The Labute approximate surface area is 197 Å². The average molecular weight is 460 g/mol. The van der Waals surface area contributed by atoms with Gasteiger partial charge in [0.1, 0.15) is 11.9 Å². The fourth-order valence-corrected chi connectivity index (χ4v) is 4.68. The Kier molecular flexibility index (Phi) is 6.73. The van der Waals surface area contributed by atoms with Crippen LogP contribution in [-0.2, 0) is 6.54 Å². The van der Waals surface area contributed by atoms with Gasteiger partial charge in [-0.25, -0.2) is 9.97 Å². The summed E-state index contributed by atoms with van der Waals surface area (Å²) in [7, 11) is 5.11.